The van der Waals surface area contributed by atoms with Crippen LogP contribution in [-0.4, -0.2) is 46.0 Å². The predicted octanol–water partition coefficient (Wildman–Crippen LogP) is 1.90. The van der Waals surface area contributed by atoms with E-state index >= 15 is 0 Å². The van der Waals surface area contributed by atoms with Crippen LogP contribution in [0.5, 0.6) is 0 Å². The van der Waals surface area contributed by atoms with Crippen LogP contribution in [0, 0.1) is 23.2 Å². The van der Waals surface area contributed by atoms with E-state index in [0.717, 1.165) is 12.3 Å². The Morgan fingerprint density at radius 3 is 2.87 bits per heavy atom. The van der Waals surface area contributed by atoms with Crippen LogP contribution < -0.4 is 5.32 Å². The first-order valence-corrected chi connectivity index (χ1v) is 9.66. The second-order valence-corrected chi connectivity index (χ2v) is 8.96. The third-order valence-corrected chi connectivity index (χ3v) is 7.69. The molecule has 3 saturated carbocycles. The minimum Gasteiger partial charge on any atom is -0.509 e. The highest BCUT2D eigenvalue weighted by atomic mass is 32.2. The number of carbonyl (C=O) groups excluding carboxylic acids is 2. The predicted molar refractivity (Wildman–Crippen MR) is 88.7 cm³/mol. The standard InChI is InChI=1S/C17H24N2O3S/c1-17(2)10-4-3-9(11(17)5-10)6-18-15(21)13-14(20)12-7-23-8-19(12)16(13)22/h9-12,20H,3-8H2,1-2H3,(H,18,21)/t9?,10?,11?,12-/m1/s1. The SMILES string of the molecule is CC1(C)C2CCC(CNC(=O)C3=C(O)[C@H]4CSCN4C3=O)C1C2. The summed E-state index contributed by atoms with van der Waals surface area (Å²) in [5, 5.41) is 13.1. The zero-order valence-corrected chi connectivity index (χ0v) is 14.5. The van der Waals surface area contributed by atoms with E-state index in [1.165, 1.54) is 12.8 Å². The average Bonchev–Trinajstić information content (AvgIpc) is 3.09. The van der Waals surface area contributed by atoms with E-state index in [1.54, 1.807) is 16.7 Å². The Bertz CT molecular complexity index is 599. The smallest absolute Gasteiger partial charge is 0.264 e. The highest BCUT2D eigenvalue weighted by Gasteiger charge is 2.54. The number of aliphatic hydroxyl groups excluding tert-OH is 1. The first kappa shape index (κ1) is 15.4. The molecule has 1 saturated heterocycles. The normalized spacial score (nSPS) is 37.7. The molecule has 6 heteroatoms. The summed E-state index contributed by atoms with van der Waals surface area (Å²) in [7, 11) is 0. The molecule has 3 aliphatic carbocycles. The van der Waals surface area contributed by atoms with E-state index in [2.05, 4.69) is 19.2 Å². The minimum absolute atomic E-state index is 0.0307. The number of hydrogen-bond acceptors (Lipinski definition) is 4. The topological polar surface area (TPSA) is 69.6 Å². The van der Waals surface area contributed by atoms with Gasteiger partial charge in [0.1, 0.15) is 17.4 Å². The van der Waals surface area contributed by atoms with Gasteiger partial charge in [0.2, 0.25) is 0 Å². The molecule has 2 bridgehead atoms. The first-order valence-electron chi connectivity index (χ1n) is 8.51. The van der Waals surface area contributed by atoms with Crippen molar-refractivity contribution in [1.29, 1.82) is 0 Å². The van der Waals surface area contributed by atoms with Crippen molar-refractivity contribution in [2.24, 2.45) is 23.2 Å². The summed E-state index contributed by atoms with van der Waals surface area (Å²) >= 11 is 1.61. The fourth-order valence-electron chi connectivity index (χ4n) is 5.02. The number of fused-ring (bicyclic) bond motifs is 3. The van der Waals surface area contributed by atoms with E-state index in [-0.39, 0.29) is 23.3 Å². The summed E-state index contributed by atoms with van der Waals surface area (Å²) in [4.78, 5) is 26.3. The summed E-state index contributed by atoms with van der Waals surface area (Å²) in [6.07, 6.45) is 3.67. The van der Waals surface area contributed by atoms with Crippen LogP contribution in [0.1, 0.15) is 33.1 Å². The van der Waals surface area contributed by atoms with E-state index in [0.29, 0.717) is 35.4 Å². The Labute approximate surface area is 140 Å². The van der Waals surface area contributed by atoms with Crippen molar-refractivity contribution in [2.75, 3.05) is 18.2 Å². The van der Waals surface area contributed by atoms with E-state index in [9.17, 15) is 14.7 Å². The number of carbonyl (C=O) groups is 2. The van der Waals surface area contributed by atoms with Gasteiger partial charge in [0.15, 0.2) is 0 Å². The van der Waals surface area contributed by atoms with Gasteiger partial charge in [-0.25, -0.2) is 0 Å². The monoisotopic (exact) mass is 336 g/mol. The Morgan fingerprint density at radius 2 is 2.22 bits per heavy atom. The quantitative estimate of drug-likeness (QED) is 0.773. The van der Waals surface area contributed by atoms with Gasteiger partial charge in [0, 0.05) is 12.3 Å². The molecule has 2 heterocycles. The highest BCUT2D eigenvalue weighted by Crippen LogP contribution is 2.61. The molecule has 5 rings (SSSR count). The molecule has 0 spiro atoms. The second kappa shape index (κ2) is 5.16. The lowest BCUT2D eigenvalue weighted by Crippen LogP contribution is -2.54. The molecule has 5 nitrogen and oxygen atoms in total. The molecule has 0 aromatic carbocycles. The molecule has 2 aliphatic heterocycles. The van der Waals surface area contributed by atoms with Gasteiger partial charge in [-0.15, -0.1) is 11.8 Å². The van der Waals surface area contributed by atoms with Crippen molar-refractivity contribution in [3.63, 3.8) is 0 Å². The maximum Gasteiger partial charge on any atom is 0.264 e. The molecule has 2 N–H and O–H groups in total. The van der Waals surface area contributed by atoms with Gasteiger partial charge >= 0.3 is 0 Å². The lowest BCUT2D eigenvalue weighted by Gasteiger charge is -2.60. The third-order valence-electron chi connectivity index (χ3n) is 6.68. The van der Waals surface area contributed by atoms with Crippen molar-refractivity contribution in [1.82, 2.24) is 10.2 Å². The molecule has 5 aliphatic rings. The van der Waals surface area contributed by atoms with Crippen molar-refractivity contribution in [3.05, 3.63) is 11.3 Å². The van der Waals surface area contributed by atoms with Gasteiger partial charge < -0.3 is 15.3 Å². The van der Waals surface area contributed by atoms with Gasteiger partial charge in [-0.2, -0.15) is 0 Å². The molecule has 4 fully saturated rings. The maximum absolute atomic E-state index is 12.4. The van der Waals surface area contributed by atoms with Crippen LogP contribution >= 0.6 is 11.8 Å². The molecule has 2 amide bonds. The van der Waals surface area contributed by atoms with Crippen LogP contribution in [0.25, 0.3) is 0 Å². The van der Waals surface area contributed by atoms with Gasteiger partial charge in [-0.3, -0.25) is 9.59 Å². The maximum atomic E-state index is 12.4. The fraction of sp³-hybridized carbons (Fsp3) is 0.765. The average molecular weight is 336 g/mol. The summed E-state index contributed by atoms with van der Waals surface area (Å²) < 4.78 is 0. The van der Waals surface area contributed by atoms with Crippen LogP contribution in [0.2, 0.25) is 0 Å². The number of hydrogen-bond donors (Lipinski definition) is 2. The lowest BCUT2D eigenvalue weighted by atomic mass is 9.45. The van der Waals surface area contributed by atoms with E-state index in [4.69, 9.17) is 0 Å². The van der Waals surface area contributed by atoms with Crippen LogP contribution in [0.3, 0.4) is 0 Å². The zero-order valence-electron chi connectivity index (χ0n) is 13.7. The number of rotatable bonds is 3. The van der Waals surface area contributed by atoms with Gasteiger partial charge in [0.05, 0.1) is 5.88 Å². The molecule has 0 aromatic heterocycles. The van der Waals surface area contributed by atoms with Gasteiger partial charge in [-0.1, -0.05) is 13.8 Å². The minimum atomic E-state index is -0.397. The molecule has 3 unspecified atom stereocenters. The summed E-state index contributed by atoms with van der Waals surface area (Å²) in [5.74, 6) is 2.49. The van der Waals surface area contributed by atoms with Gasteiger partial charge in [0.25, 0.3) is 11.8 Å². The van der Waals surface area contributed by atoms with Crippen LogP contribution in [0.4, 0.5) is 0 Å². The molecular formula is C17H24N2O3S. The van der Waals surface area contributed by atoms with Crippen molar-refractivity contribution in [3.8, 4) is 0 Å². The number of amides is 2. The van der Waals surface area contributed by atoms with Crippen LogP contribution in [-0.2, 0) is 9.59 Å². The lowest BCUT2D eigenvalue weighted by molar-refractivity contribution is -0.129. The Hall–Kier alpha value is -1.17. The van der Waals surface area contributed by atoms with Crippen molar-refractivity contribution in [2.45, 2.75) is 39.2 Å². The van der Waals surface area contributed by atoms with E-state index < -0.39 is 5.91 Å². The first-order chi connectivity index (χ1) is 10.9. The summed E-state index contributed by atoms with van der Waals surface area (Å²) in [6.45, 7) is 5.28. The number of nitrogens with zero attached hydrogens (tertiary/aromatic N) is 1. The van der Waals surface area contributed by atoms with Crippen LogP contribution in [0.15, 0.2) is 11.3 Å². The fourth-order valence-corrected chi connectivity index (χ4v) is 6.18. The molecule has 23 heavy (non-hydrogen) atoms. The Kier molecular flexibility index (Phi) is 3.45. The summed E-state index contributed by atoms with van der Waals surface area (Å²) in [5.41, 5.74) is 0.356. The zero-order chi connectivity index (χ0) is 16.4. The second-order valence-electron chi connectivity index (χ2n) is 7.96. The molecule has 0 radical (unpaired) electrons. The molecular weight excluding hydrogens is 312 g/mol. The highest BCUT2D eigenvalue weighted by molar-refractivity contribution is 7.99. The Balaban J connectivity index is 1.41. The van der Waals surface area contributed by atoms with E-state index in [1.807, 2.05) is 0 Å². The largest absolute Gasteiger partial charge is 0.509 e. The number of aliphatic hydroxyl groups is 1. The Morgan fingerprint density at radius 1 is 1.43 bits per heavy atom. The number of thioether (sulfide) groups is 1. The molecule has 126 valence electrons. The number of nitrogens with one attached hydrogen (secondary N) is 1. The third kappa shape index (κ3) is 2.13. The van der Waals surface area contributed by atoms with Gasteiger partial charge in [-0.05, 0) is 42.4 Å². The molecule has 4 atom stereocenters. The van der Waals surface area contributed by atoms with Crippen molar-refractivity contribution >= 4 is 23.6 Å². The summed E-state index contributed by atoms with van der Waals surface area (Å²) in [6, 6.07) is -0.297. The van der Waals surface area contributed by atoms with Crippen molar-refractivity contribution < 1.29 is 14.7 Å². The molecule has 0 aromatic rings.